The molecular formula is C16H26N4O3. The Kier molecular flexibility index (Phi) is 7.90. The summed E-state index contributed by atoms with van der Waals surface area (Å²) in [4.78, 5) is 25.2. The van der Waals surface area contributed by atoms with Crippen molar-refractivity contribution in [3.8, 4) is 5.75 Å². The first-order chi connectivity index (χ1) is 11.0. The van der Waals surface area contributed by atoms with E-state index < -0.39 is 0 Å². The lowest BCUT2D eigenvalue weighted by Gasteiger charge is -2.18. The molecule has 1 aromatic carbocycles. The van der Waals surface area contributed by atoms with Crippen molar-refractivity contribution in [2.45, 2.75) is 20.8 Å². The van der Waals surface area contributed by atoms with Crippen LogP contribution in [0.5, 0.6) is 5.75 Å². The second-order valence-electron chi connectivity index (χ2n) is 5.00. The van der Waals surface area contributed by atoms with Gasteiger partial charge in [0.2, 0.25) is 5.91 Å². The van der Waals surface area contributed by atoms with Crippen LogP contribution < -0.4 is 20.7 Å². The van der Waals surface area contributed by atoms with Crippen LogP contribution in [0.2, 0.25) is 0 Å². The average Bonchev–Trinajstić information content (AvgIpc) is 2.52. The predicted octanol–water partition coefficient (Wildman–Crippen LogP) is 2.12. The zero-order valence-electron chi connectivity index (χ0n) is 14.2. The number of amides is 3. The van der Waals surface area contributed by atoms with Gasteiger partial charge in [-0.25, -0.2) is 4.79 Å². The number of carbonyl (C=O) groups is 2. The zero-order chi connectivity index (χ0) is 17.2. The molecule has 0 saturated heterocycles. The lowest BCUT2D eigenvalue weighted by atomic mass is 10.2. The number of likely N-dealkylation sites (N-methyl/N-ethyl adjacent to an activating group) is 1. The van der Waals surface area contributed by atoms with Crippen LogP contribution in [-0.4, -0.2) is 50.1 Å². The molecule has 0 spiro atoms. The fourth-order valence-electron chi connectivity index (χ4n) is 2.10. The highest BCUT2D eigenvalue weighted by Gasteiger charge is 2.08. The van der Waals surface area contributed by atoms with Crippen molar-refractivity contribution >= 4 is 23.3 Å². The molecule has 3 N–H and O–H groups in total. The Balaban J connectivity index is 2.56. The Labute approximate surface area is 137 Å². The summed E-state index contributed by atoms with van der Waals surface area (Å²) in [5, 5.41) is 8.22. The molecule has 0 heterocycles. The summed E-state index contributed by atoms with van der Waals surface area (Å²) < 4.78 is 5.22. The standard InChI is InChI=1S/C16H26N4O3/c1-5-20(6-2)10-9-17-16(22)19-13-7-8-14(18-12(3)21)15(11-13)23-4/h7-8,11H,5-6,9-10H2,1-4H3,(H,18,21)(H2,17,19,22). The monoisotopic (exact) mass is 322 g/mol. The second kappa shape index (κ2) is 9.68. The maximum Gasteiger partial charge on any atom is 0.319 e. The molecule has 1 aromatic rings. The lowest BCUT2D eigenvalue weighted by molar-refractivity contribution is -0.114. The number of anilines is 2. The SMILES string of the molecule is CCN(CC)CCNC(=O)Nc1ccc(NC(C)=O)c(OC)c1. The summed E-state index contributed by atoms with van der Waals surface area (Å²) in [5.74, 6) is 0.305. The third kappa shape index (κ3) is 6.56. The summed E-state index contributed by atoms with van der Waals surface area (Å²) in [7, 11) is 1.51. The molecule has 0 bridgehead atoms. The van der Waals surface area contributed by atoms with E-state index in [1.807, 2.05) is 0 Å². The van der Waals surface area contributed by atoms with E-state index in [1.165, 1.54) is 14.0 Å². The Morgan fingerprint density at radius 1 is 1.17 bits per heavy atom. The Hall–Kier alpha value is -2.28. The van der Waals surface area contributed by atoms with Gasteiger partial charge in [0, 0.05) is 31.8 Å². The summed E-state index contributed by atoms with van der Waals surface area (Å²) in [6.07, 6.45) is 0. The minimum Gasteiger partial charge on any atom is -0.494 e. The quantitative estimate of drug-likeness (QED) is 0.684. The fourth-order valence-corrected chi connectivity index (χ4v) is 2.10. The minimum atomic E-state index is -0.272. The van der Waals surface area contributed by atoms with Crippen molar-refractivity contribution in [2.24, 2.45) is 0 Å². The van der Waals surface area contributed by atoms with Crippen molar-refractivity contribution in [3.63, 3.8) is 0 Å². The molecule has 7 heteroatoms. The van der Waals surface area contributed by atoms with Crippen molar-refractivity contribution in [1.82, 2.24) is 10.2 Å². The van der Waals surface area contributed by atoms with Gasteiger partial charge in [-0.15, -0.1) is 0 Å². The molecule has 0 fully saturated rings. The third-order valence-corrected chi connectivity index (χ3v) is 3.38. The number of carbonyl (C=O) groups excluding carboxylic acids is 2. The topological polar surface area (TPSA) is 82.7 Å². The van der Waals surface area contributed by atoms with E-state index in [9.17, 15) is 9.59 Å². The third-order valence-electron chi connectivity index (χ3n) is 3.38. The van der Waals surface area contributed by atoms with Crippen LogP contribution in [0.3, 0.4) is 0 Å². The van der Waals surface area contributed by atoms with Gasteiger partial charge in [0.1, 0.15) is 5.75 Å². The number of hydrogen-bond acceptors (Lipinski definition) is 4. The van der Waals surface area contributed by atoms with Crippen LogP contribution in [0.1, 0.15) is 20.8 Å². The second-order valence-corrected chi connectivity index (χ2v) is 5.00. The number of nitrogens with zero attached hydrogens (tertiary/aromatic N) is 1. The van der Waals surface area contributed by atoms with Gasteiger partial charge in [-0.1, -0.05) is 13.8 Å². The number of hydrogen-bond donors (Lipinski definition) is 3. The van der Waals surface area contributed by atoms with Gasteiger partial charge in [-0.05, 0) is 25.2 Å². The number of ether oxygens (including phenoxy) is 1. The first-order valence-corrected chi connectivity index (χ1v) is 7.73. The summed E-state index contributed by atoms with van der Waals surface area (Å²) in [6.45, 7) is 8.91. The summed E-state index contributed by atoms with van der Waals surface area (Å²) in [5.41, 5.74) is 1.16. The molecule has 0 aliphatic heterocycles. The Morgan fingerprint density at radius 3 is 2.43 bits per heavy atom. The van der Waals surface area contributed by atoms with Crippen molar-refractivity contribution in [3.05, 3.63) is 18.2 Å². The van der Waals surface area contributed by atoms with E-state index in [4.69, 9.17) is 4.74 Å². The normalized spacial score (nSPS) is 10.3. The fraction of sp³-hybridized carbons (Fsp3) is 0.500. The lowest BCUT2D eigenvalue weighted by Crippen LogP contribution is -2.36. The molecule has 7 nitrogen and oxygen atoms in total. The van der Waals surface area contributed by atoms with E-state index in [1.54, 1.807) is 18.2 Å². The molecule has 0 aliphatic carbocycles. The summed E-state index contributed by atoms with van der Waals surface area (Å²) >= 11 is 0. The van der Waals surface area contributed by atoms with Gasteiger partial charge < -0.3 is 25.6 Å². The van der Waals surface area contributed by atoms with Gasteiger partial charge in [-0.2, -0.15) is 0 Å². The molecule has 0 aliphatic rings. The van der Waals surface area contributed by atoms with Crippen molar-refractivity contribution in [2.75, 3.05) is 43.9 Å². The van der Waals surface area contributed by atoms with Gasteiger partial charge in [0.15, 0.2) is 0 Å². The van der Waals surface area contributed by atoms with E-state index in [0.717, 1.165) is 19.6 Å². The van der Waals surface area contributed by atoms with Gasteiger partial charge >= 0.3 is 6.03 Å². The highest BCUT2D eigenvalue weighted by molar-refractivity contribution is 5.93. The van der Waals surface area contributed by atoms with E-state index >= 15 is 0 Å². The number of nitrogens with one attached hydrogen (secondary N) is 3. The van der Waals surface area contributed by atoms with Crippen LogP contribution in [-0.2, 0) is 4.79 Å². The molecular weight excluding hydrogens is 296 g/mol. The molecule has 0 atom stereocenters. The molecule has 3 amide bonds. The van der Waals surface area contributed by atoms with Crippen LogP contribution in [0.4, 0.5) is 16.2 Å². The molecule has 23 heavy (non-hydrogen) atoms. The smallest absolute Gasteiger partial charge is 0.319 e. The first-order valence-electron chi connectivity index (χ1n) is 7.73. The largest absolute Gasteiger partial charge is 0.494 e. The van der Waals surface area contributed by atoms with E-state index in [-0.39, 0.29) is 11.9 Å². The highest BCUT2D eigenvalue weighted by Crippen LogP contribution is 2.27. The van der Waals surface area contributed by atoms with Crippen molar-refractivity contribution < 1.29 is 14.3 Å². The number of urea groups is 1. The van der Waals surface area contributed by atoms with Gasteiger partial charge in [-0.3, -0.25) is 4.79 Å². The molecule has 0 saturated carbocycles. The first kappa shape index (κ1) is 18.8. The maximum atomic E-state index is 11.9. The van der Waals surface area contributed by atoms with E-state index in [0.29, 0.717) is 23.7 Å². The summed E-state index contributed by atoms with van der Waals surface area (Å²) in [6, 6.07) is 4.78. The van der Waals surface area contributed by atoms with Gasteiger partial charge in [0.05, 0.1) is 12.8 Å². The minimum absolute atomic E-state index is 0.182. The van der Waals surface area contributed by atoms with Crippen LogP contribution in [0, 0.1) is 0 Å². The van der Waals surface area contributed by atoms with Gasteiger partial charge in [0.25, 0.3) is 0 Å². The maximum absolute atomic E-state index is 11.9. The molecule has 128 valence electrons. The number of methoxy groups -OCH3 is 1. The Morgan fingerprint density at radius 2 is 1.87 bits per heavy atom. The van der Waals surface area contributed by atoms with E-state index in [2.05, 4.69) is 34.7 Å². The molecule has 0 aromatic heterocycles. The van der Waals surface area contributed by atoms with Crippen LogP contribution in [0.25, 0.3) is 0 Å². The highest BCUT2D eigenvalue weighted by atomic mass is 16.5. The average molecular weight is 322 g/mol. The predicted molar refractivity (Wildman–Crippen MR) is 92.1 cm³/mol. The molecule has 0 unspecified atom stereocenters. The zero-order valence-corrected chi connectivity index (χ0v) is 14.2. The van der Waals surface area contributed by atoms with Crippen LogP contribution in [0.15, 0.2) is 18.2 Å². The number of benzene rings is 1. The Bertz CT molecular complexity index is 530. The van der Waals surface area contributed by atoms with Crippen molar-refractivity contribution in [1.29, 1.82) is 0 Å². The molecule has 1 rings (SSSR count). The van der Waals surface area contributed by atoms with Crippen LogP contribution >= 0.6 is 0 Å². The molecule has 0 radical (unpaired) electrons. The number of rotatable bonds is 8.